The third-order valence-corrected chi connectivity index (χ3v) is 6.35. The predicted molar refractivity (Wildman–Crippen MR) is 119 cm³/mol. The van der Waals surface area contributed by atoms with Crippen LogP contribution in [0.2, 0.25) is 0 Å². The van der Waals surface area contributed by atoms with E-state index in [2.05, 4.69) is 45.5 Å². The van der Waals surface area contributed by atoms with Gasteiger partial charge in [0.2, 0.25) is 0 Å². The zero-order valence-electron chi connectivity index (χ0n) is 17.3. The summed E-state index contributed by atoms with van der Waals surface area (Å²) in [6.07, 6.45) is 2.56. The Bertz CT molecular complexity index is 1070. The summed E-state index contributed by atoms with van der Waals surface area (Å²) in [4.78, 5) is 19.5. The largest absolute Gasteiger partial charge is 0.478 e. The summed E-state index contributed by atoms with van der Waals surface area (Å²) in [6, 6.07) is 18.4. The third-order valence-electron chi connectivity index (χ3n) is 6.35. The van der Waals surface area contributed by atoms with Gasteiger partial charge in [-0.1, -0.05) is 30.3 Å². The first-order chi connectivity index (χ1) is 14.7. The number of nitrogens with one attached hydrogen (secondary N) is 1. The molecule has 1 atom stereocenters. The molecule has 5 rings (SSSR count). The van der Waals surface area contributed by atoms with E-state index in [1.165, 1.54) is 10.9 Å². The van der Waals surface area contributed by atoms with Gasteiger partial charge in [0.1, 0.15) is 5.75 Å². The van der Waals surface area contributed by atoms with Crippen molar-refractivity contribution in [2.24, 2.45) is 0 Å². The highest BCUT2D eigenvalue weighted by atomic mass is 16.5. The summed E-state index contributed by atoms with van der Waals surface area (Å²) < 4.78 is 5.94. The molecular weight excluding hydrogens is 374 g/mol. The van der Waals surface area contributed by atoms with Gasteiger partial charge in [-0.15, -0.1) is 0 Å². The van der Waals surface area contributed by atoms with Crippen LogP contribution in [0.5, 0.6) is 5.75 Å². The quantitative estimate of drug-likeness (QED) is 0.699. The van der Waals surface area contributed by atoms with Crippen molar-refractivity contribution in [1.29, 1.82) is 0 Å². The number of carbonyl (C=O) groups is 1. The number of benzene rings is 2. The fourth-order valence-corrected chi connectivity index (χ4v) is 4.69. The third kappa shape index (κ3) is 3.77. The van der Waals surface area contributed by atoms with E-state index in [0.717, 1.165) is 55.1 Å². The average molecular weight is 402 g/mol. The van der Waals surface area contributed by atoms with E-state index >= 15 is 0 Å². The van der Waals surface area contributed by atoms with Crippen LogP contribution in [-0.2, 0) is 4.79 Å². The molecule has 0 radical (unpaired) electrons. The van der Waals surface area contributed by atoms with Gasteiger partial charge in [-0.3, -0.25) is 9.78 Å². The van der Waals surface area contributed by atoms with E-state index in [4.69, 9.17) is 4.74 Å². The van der Waals surface area contributed by atoms with Gasteiger partial charge in [0.15, 0.2) is 6.10 Å². The Kier molecular flexibility index (Phi) is 5.13. The fraction of sp³-hybridized carbons (Fsp3) is 0.360. The molecule has 30 heavy (non-hydrogen) atoms. The van der Waals surface area contributed by atoms with Crippen LogP contribution in [-0.4, -0.2) is 41.5 Å². The standard InChI is InChI=1S/C25H27N3O2/c1-17-9-10-20-19(5-4-7-21(20)26-17)18-11-14-28(15-12-18)16-13-24-25(29)27-22-6-2-3-8-23(22)30-24/h2-10,18,24H,11-16H2,1H3,(H,27,29). The van der Waals surface area contributed by atoms with Crippen LogP contribution < -0.4 is 10.1 Å². The molecule has 0 saturated carbocycles. The highest BCUT2D eigenvalue weighted by molar-refractivity contribution is 5.97. The van der Waals surface area contributed by atoms with Crippen LogP contribution in [0.3, 0.4) is 0 Å². The van der Waals surface area contributed by atoms with Crippen LogP contribution in [0.25, 0.3) is 10.9 Å². The lowest BCUT2D eigenvalue weighted by Crippen LogP contribution is -2.41. The minimum Gasteiger partial charge on any atom is -0.478 e. The van der Waals surface area contributed by atoms with E-state index in [-0.39, 0.29) is 5.91 Å². The number of para-hydroxylation sites is 2. The number of rotatable bonds is 4. The number of anilines is 1. The number of fused-ring (bicyclic) bond motifs is 2. The van der Waals surface area contributed by atoms with Crippen molar-refractivity contribution >= 4 is 22.5 Å². The molecule has 3 aromatic rings. The van der Waals surface area contributed by atoms with Crippen LogP contribution in [0.15, 0.2) is 54.6 Å². The summed E-state index contributed by atoms with van der Waals surface area (Å²) in [5.74, 6) is 1.29. The lowest BCUT2D eigenvalue weighted by molar-refractivity contribution is -0.124. The minimum atomic E-state index is -0.412. The average Bonchev–Trinajstić information content (AvgIpc) is 2.77. The number of nitrogens with zero attached hydrogens (tertiary/aromatic N) is 2. The molecule has 0 spiro atoms. The number of amides is 1. The van der Waals surface area contributed by atoms with Gasteiger partial charge >= 0.3 is 0 Å². The van der Waals surface area contributed by atoms with E-state index < -0.39 is 6.10 Å². The van der Waals surface area contributed by atoms with E-state index in [1.807, 2.05) is 31.2 Å². The first kappa shape index (κ1) is 19.1. The number of ether oxygens (including phenoxy) is 1. The summed E-state index contributed by atoms with van der Waals surface area (Å²) in [5.41, 5.74) is 4.34. The molecule has 0 bridgehead atoms. The van der Waals surface area contributed by atoms with Crippen molar-refractivity contribution in [3.05, 3.63) is 65.9 Å². The Morgan fingerprint density at radius 1 is 1.07 bits per heavy atom. The number of aryl methyl sites for hydroxylation is 1. The lowest BCUT2D eigenvalue weighted by Gasteiger charge is -2.34. The maximum atomic E-state index is 12.4. The molecular formula is C25H27N3O2. The summed E-state index contributed by atoms with van der Waals surface area (Å²) >= 11 is 0. The van der Waals surface area contributed by atoms with Crippen molar-refractivity contribution in [3.8, 4) is 5.75 Å². The minimum absolute atomic E-state index is 0.0397. The molecule has 5 nitrogen and oxygen atoms in total. The van der Waals surface area contributed by atoms with Gasteiger partial charge in [0.25, 0.3) is 5.91 Å². The van der Waals surface area contributed by atoms with Gasteiger partial charge in [-0.05, 0) is 68.6 Å². The topological polar surface area (TPSA) is 54.5 Å². The zero-order valence-corrected chi connectivity index (χ0v) is 17.3. The molecule has 1 unspecified atom stereocenters. The van der Waals surface area contributed by atoms with Gasteiger partial charge in [-0.2, -0.15) is 0 Å². The Morgan fingerprint density at radius 3 is 2.77 bits per heavy atom. The highest BCUT2D eigenvalue weighted by Crippen LogP contribution is 2.33. The molecule has 1 fully saturated rings. The van der Waals surface area contributed by atoms with Crippen LogP contribution in [0.4, 0.5) is 5.69 Å². The number of aromatic nitrogens is 1. The van der Waals surface area contributed by atoms with Gasteiger partial charge in [0.05, 0.1) is 11.2 Å². The molecule has 2 aliphatic rings. The van der Waals surface area contributed by atoms with E-state index in [9.17, 15) is 4.79 Å². The molecule has 1 aromatic heterocycles. The molecule has 1 N–H and O–H groups in total. The number of piperidine rings is 1. The van der Waals surface area contributed by atoms with Crippen molar-refractivity contribution in [2.45, 2.75) is 38.2 Å². The van der Waals surface area contributed by atoms with Crippen LogP contribution in [0.1, 0.15) is 36.4 Å². The summed E-state index contributed by atoms with van der Waals surface area (Å²) in [7, 11) is 0. The number of hydrogen-bond donors (Lipinski definition) is 1. The zero-order chi connectivity index (χ0) is 20.5. The van der Waals surface area contributed by atoms with E-state index in [0.29, 0.717) is 12.3 Å². The molecule has 1 saturated heterocycles. The fourth-order valence-electron chi connectivity index (χ4n) is 4.69. The van der Waals surface area contributed by atoms with Crippen molar-refractivity contribution in [1.82, 2.24) is 9.88 Å². The molecule has 2 aliphatic heterocycles. The molecule has 1 amide bonds. The lowest BCUT2D eigenvalue weighted by atomic mass is 9.87. The summed E-state index contributed by atoms with van der Waals surface area (Å²) in [6.45, 7) is 5.01. The summed E-state index contributed by atoms with van der Waals surface area (Å²) in [5, 5.41) is 4.24. The van der Waals surface area contributed by atoms with Crippen molar-refractivity contribution < 1.29 is 9.53 Å². The Hall–Kier alpha value is -2.92. The smallest absolute Gasteiger partial charge is 0.265 e. The van der Waals surface area contributed by atoms with Gasteiger partial charge in [0, 0.05) is 24.0 Å². The highest BCUT2D eigenvalue weighted by Gasteiger charge is 2.29. The predicted octanol–water partition coefficient (Wildman–Crippen LogP) is 4.51. The Labute approximate surface area is 177 Å². The van der Waals surface area contributed by atoms with Crippen LogP contribution in [0, 0.1) is 6.92 Å². The van der Waals surface area contributed by atoms with Crippen molar-refractivity contribution in [2.75, 3.05) is 25.0 Å². The maximum Gasteiger partial charge on any atom is 0.265 e. The monoisotopic (exact) mass is 401 g/mol. The Morgan fingerprint density at radius 2 is 1.90 bits per heavy atom. The van der Waals surface area contributed by atoms with E-state index in [1.54, 1.807) is 0 Å². The number of likely N-dealkylation sites (tertiary alicyclic amines) is 1. The Balaban J connectivity index is 1.19. The van der Waals surface area contributed by atoms with Gasteiger partial charge < -0.3 is 15.0 Å². The number of pyridine rings is 1. The normalized spacial score (nSPS) is 19.9. The molecule has 5 heteroatoms. The molecule has 0 aliphatic carbocycles. The molecule has 3 heterocycles. The number of carbonyl (C=O) groups excluding carboxylic acids is 1. The first-order valence-corrected chi connectivity index (χ1v) is 10.8. The number of hydrogen-bond acceptors (Lipinski definition) is 4. The van der Waals surface area contributed by atoms with Gasteiger partial charge in [-0.25, -0.2) is 0 Å². The molecule has 2 aromatic carbocycles. The SMILES string of the molecule is Cc1ccc2c(C3CCN(CCC4Oc5ccccc5NC4=O)CC3)cccc2n1. The van der Waals surface area contributed by atoms with Crippen molar-refractivity contribution in [3.63, 3.8) is 0 Å². The second-order valence-corrected chi connectivity index (χ2v) is 8.36. The second kappa shape index (κ2) is 8.07. The second-order valence-electron chi connectivity index (χ2n) is 8.36. The maximum absolute atomic E-state index is 12.4. The molecule has 154 valence electrons. The first-order valence-electron chi connectivity index (χ1n) is 10.8. The van der Waals surface area contributed by atoms with Crippen LogP contribution >= 0.6 is 0 Å².